The molecule has 5 rings (SSSR count). The van der Waals surface area contributed by atoms with E-state index in [1.165, 1.54) is 15.8 Å². The molecular weight excluding hydrogens is 406 g/mol. The molecule has 4 aromatic rings. The smallest absolute Gasteiger partial charge is 0.258 e. The summed E-state index contributed by atoms with van der Waals surface area (Å²) in [6.07, 6.45) is 2.79. The van der Waals surface area contributed by atoms with Crippen molar-refractivity contribution in [2.75, 3.05) is 44.2 Å². The van der Waals surface area contributed by atoms with Crippen molar-refractivity contribution in [2.24, 2.45) is 7.05 Å². The first-order chi connectivity index (χ1) is 15.2. The molecule has 2 aromatic carbocycles. The Morgan fingerprint density at radius 3 is 2.74 bits per heavy atom. The topological polar surface area (TPSA) is 37.7 Å². The number of aryl methyl sites for hydroxylation is 1. The molecule has 0 aliphatic carbocycles. The van der Waals surface area contributed by atoms with Crippen LogP contribution in [-0.2, 0) is 7.05 Å². The zero-order chi connectivity index (χ0) is 21.2. The monoisotopic (exact) mass is 433 g/mol. The van der Waals surface area contributed by atoms with Gasteiger partial charge in [-0.1, -0.05) is 6.07 Å². The van der Waals surface area contributed by atoms with Crippen molar-refractivity contribution >= 4 is 37.9 Å². The molecule has 0 amide bonds. The van der Waals surface area contributed by atoms with E-state index in [2.05, 4.69) is 39.4 Å². The molecule has 1 aliphatic rings. The maximum atomic E-state index is 12.2. The minimum atomic E-state index is 0.0263. The van der Waals surface area contributed by atoms with Gasteiger partial charge in [0.15, 0.2) is 0 Å². The van der Waals surface area contributed by atoms with E-state index in [-0.39, 0.29) is 5.56 Å². The van der Waals surface area contributed by atoms with E-state index in [1.54, 1.807) is 17.8 Å². The zero-order valence-corrected chi connectivity index (χ0v) is 18.6. The Bertz CT molecular complexity index is 1250. The highest BCUT2D eigenvalue weighted by Crippen LogP contribution is 2.31. The zero-order valence-electron chi connectivity index (χ0n) is 17.8. The number of anilines is 1. The molecule has 0 unspecified atom stereocenters. The van der Waals surface area contributed by atoms with E-state index >= 15 is 0 Å². The lowest BCUT2D eigenvalue weighted by Gasteiger charge is -2.36. The van der Waals surface area contributed by atoms with Crippen molar-refractivity contribution in [1.29, 1.82) is 0 Å². The van der Waals surface area contributed by atoms with Crippen LogP contribution in [0.5, 0.6) is 5.75 Å². The van der Waals surface area contributed by atoms with Gasteiger partial charge in [-0.25, -0.2) is 0 Å². The molecule has 0 atom stereocenters. The number of pyridine rings is 1. The fraction of sp³-hybridized carbons (Fsp3) is 0.320. The van der Waals surface area contributed by atoms with Crippen LogP contribution in [0.1, 0.15) is 6.42 Å². The highest BCUT2D eigenvalue weighted by molar-refractivity contribution is 7.17. The lowest BCUT2D eigenvalue weighted by Crippen LogP contribution is -2.46. The van der Waals surface area contributed by atoms with E-state index in [1.807, 2.05) is 35.6 Å². The Morgan fingerprint density at radius 2 is 1.87 bits per heavy atom. The Balaban J connectivity index is 1.11. The van der Waals surface area contributed by atoms with Crippen molar-refractivity contribution < 1.29 is 4.74 Å². The van der Waals surface area contributed by atoms with Crippen LogP contribution in [0.4, 0.5) is 5.69 Å². The van der Waals surface area contributed by atoms with Crippen LogP contribution in [-0.4, -0.2) is 48.8 Å². The lowest BCUT2D eigenvalue weighted by atomic mass is 10.1. The molecule has 1 fully saturated rings. The van der Waals surface area contributed by atoms with E-state index in [0.29, 0.717) is 6.61 Å². The van der Waals surface area contributed by atoms with E-state index in [9.17, 15) is 4.79 Å². The molecule has 1 saturated heterocycles. The number of benzene rings is 2. The Kier molecular flexibility index (Phi) is 5.66. The van der Waals surface area contributed by atoms with Gasteiger partial charge in [0.2, 0.25) is 0 Å². The molecule has 0 bridgehead atoms. The Labute approximate surface area is 186 Å². The fourth-order valence-electron chi connectivity index (χ4n) is 4.36. The average molecular weight is 434 g/mol. The van der Waals surface area contributed by atoms with Crippen LogP contribution in [0.2, 0.25) is 0 Å². The van der Waals surface area contributed by atoms with Crippen molar-refractivity contribution in [1.82, 2.24) is 9.47 Å². The van der Waals surface area contributed by atoms with E-state index in [4.69, 9.17) is 4.74 Å². The van der Waals surface area contributed by atoms with Gasteiger partial charge in [0.05, 0.1) is 6.61 Å². The van der Waals surface area contributed by atoms with Gasteiger partial charge in [-0.2, -0.15) is 0 Å². The Morgan fingerprint density at radius 1 is 1.00 bits per heavy atom. The molecule has 0 radical (unpaired) electrons. The first kappa shape index (κ1) is 20.1. The van der Waals surface area contributed by atoms with Gasteiger partial charge in [0.25, 0.3) is 5.56 Å². The minimum Gasteiger partial charge on any atom is -0.494 e. The molecule has 5 nitrogen and oxygen atoms in total. The van der Waals surface area contributed by atoms with Crippen LogP contribution in [0.3, 0.4) is 0 Å². The predicted octanol–water partition coefficient (Wildman–Crippen LogP) is 4.34. The van der Waals surface area contributed by atoms with E-state index < -0.39 is 0 Å². The number of fused-ring (bicyclic) bond motifs is 2. The second-order valence-corrected chi connectivity index (χ2v) is 9.07. The predicted molar refractivity (Wildman–Crippen MR) is 130 cm³/mol. The van der Waals surface area contributed by atoms with Gasteiger partial charge in [0.1, 0.15) is 5.75 Å². The molecule has 0 N–H and O–H groups in total. The summed E-state index contributed by atoms with van der Waals surface area (Å²) in [5.41, 5.74) is 1.39. The van der Waals surface area contributed by atoms with Gasteiger partial charge in [-0.05, 0) is 59.7 Å². The first-order valence-electron chi connectivity index (χ1n) is 10.8. The fourth-order valence-corrected chi connectivity index (χ4v) is 5.16. The molecule has 160 valence electrons. The standard InChI is InChI=1S/C25H27N3O2S/c1-26-11-8-19-18-20(6-7-21(19)25(26)29)30-16-3-10-27-12-14-28(15-13-27)23-4-2-5-24-22(23)9-17-31-24/h2,4-9,11,17-18H,3,10,12-16H2,1H3. The number of piperazine rings is 1. The van der Waals surface area contributed by atoms with E-state index in [0.717, 1.165) is 55.7 Å². The average Bonchev–Trinajstić information content (AvgIpc) is 3.29. The number of hydrogen-bond donors (Lipinski definition) is 0. The molecule has 2 aromatic heterocycles. The molecule has 0 saturated carbocycles. The number of thiophene rings is 1. The van der Waals surface area contributed by atoms with Crippen LogP contribution >= 0.6 is 11.3 Å². The largest absolute Gasteiger partial charge is 0.494 e. The quantitative estimate of drug-likeness (QED) is 0.424. The van der Waals surface area contributed by atoms with Gasteiger partial charge in [-0.3, -0.25) is 9.69 Å². The number of aromatic nitrogens is 1. The van der Waals surface area contributed by atoms with Gasteiger partial charge < -0.3 is 14.2 Å². The molecule has 0 spiro atoms. The van der Waals surface area contributed by atoms with Crippen molar-refractivity contribution in [3.8, 4) is 5.75 Å². The third-order valence-corrected chi connectivity index (χ3v) is 7.01. The summed E-state index contributed by atoms with van der Waals surface area (Å²) < 4.78 is 8.93. The maximum absolute atomic E-state index is 12.2. The minimum absolute atomic E-state index is 0.0263. The second kappa shape index (κ2) is 8.73. The number of rotatable bonds is 6. The Hall–Kier alpha value is -2.83. The number of hydrogen-bond acceptors (Lipinski definition) is 5. The highest BCUT2D eigenvalue weighted by Gasteiger charge is 2.18. The van der Waals surface area contributed by atoms with Crippen molar-refractivity contribution in [2.45, 2.75) is 6.42 Å². The SMILES string of the molecule is Cn1ccc2cc(OCCCN3CCN(c4cccc5sccc45)CC3)ccc2c1=O. The summed E-state index contributed by atoms with van der Waals surface area (Å²) in [5.74, 6) is 0.828. The van der Waals surface area contributed by atoms with Crippen LogP contribution in [0, 0.1) is 0 Å². The second-order valence-electron chi connectivity index (χ2n) is 8.12. The van der Waals surface area contributed by atoms with Gasteiger partial charge in [0, 0.05) is 67.1 Å². The summed E-state index contributed by atoms with van der Waals surface area (Å²) in [4.78, 5) is 17.2. The van der Waals surface area contributed by atoms with Crippen LogP contribution in [0.15, 0.2) is 64.9 Å². The summed E-state index contributed by atoms with van der Waals surface area (Å²) in [6, 6.07) is 16.5. The third-order valence-electron chi connectivity index (χ3n) is 6.12. The van der Waals surface area contributed by atoms with Crippen molar-refractivity contribution in [3.05, 3.63) is 70.5 Å². The summed E-state index contributed by atoms with van der Waals surface area (Å²) >= 11 is 1.81. The highest BCUT2D eigenvalue weighted by atomic mass is 32.1. The summed E-state index contributed by atoms with van der Waals surface area (Å²) in [5, 5.41) is 5.22. The first-order valence-corrected chi connectivity index (χ1v) is 11.7. The normalized spacial score (nSPS) is 15.1. The van der Waals surface area contributed by atoms with Crippen LogP contribution < -0.4 is 15.2 Å². The number of ether oxygens (including phenoxy) is 1. The maximum Gasteiger partial charge on any atom is 0.258 e. The lowest BCUT2D eigenvalue weighted by molar-refractivity contribution is 0.225. The molecule has 31 heavy (non-hydrogen) atoms. The molecular formula is C25H27N3O2S. The van der Waals surface area contributed by atoms with Gasteiger partial charge >= 0.3 is 0 Å². The van der Waals surface area contributed by atoms with Crippen molar-refractivity contribution in [3.63, 3.8) is 0 Å². The summed E-state index contributed by atoms with van der Waals surface area (Å²) in [7, 11) is 1.77. The summed E-state index contributed by atoms with van der Waals surface area (Å²) in [6.45, 7) is 6.03. The molecule has 3 heterocycles. The molecule has 6 heteroatoms. The molecule has 1 aliphatic heterocycles. The third kappa shape index (κ3) is 4.18. The van der Waals surface area contributed by atoms with Crippen LogP contribution in [0.25, 0.3) is 20.9 Å². The number of nitrogens with zero attached hydrogens (tertiary/aromatic N) is 3. The van der Waals surface area contributed by atoms with Gasteiger partial charge in [-0.15, -0.1) is 11.3 Å².